The molecule has 7 heteroatoms. The van der Waals surface area contributed by atoms with Crippen LogP contribution in [0.25, 0.3) is 21.1 Å². The summed E-state index contributed by atoms with van der Waals surface area (Å²) < 4.78 is 7.87. The van der Waals surface area contributed by atoms with E-state index < -0.39 is 0 Å². The maximum atomic E-state index is 12.7. The molecule has 0 aliphatic rings. The average molecular weight is 393 g/mol. The summed E-state index contributed by atoms with van der Waals surface area (Å²) in [6, 6.07) is 13.0. The molecule has 2 aromatic heterocycles. The third-order valence-corrected chi connectivity index (χ3v) is 5.55. The van der Waals surface area contributed by atoms with Crippen molar-refractivity contribution in [2.45, 2.75) is 20.4 Å². The van der Waals surface area contributed by atoms with Crippen molar-refractivity contribution in [2.24, 2.45) is 0 Å². The molecule has 6 nitrogen and oxygen atoms in total. The maximum Gasteiger partial charge on any atom is 0.251 e. The van der Waals surface area contributed by atoms with Crippen LogP contribution < -0.4 is 15.6 Å². The Bertz CT molecular complexity index is 1270. The van der Waals surface area contributed by atoms with E-state index in [1.54, 1.807) is 13.2 Å². The molecule has 2 heterocycles. The van der Waals surface area contributed by atoms with Crippen LogP contribution in [0.3, 0.4) is 0 Å². The molecule has 0 radical (unpaired) electrons. The fourth-order valence-corrected chi connectivity index (χ4v) is 4.26. The number of nitrogens with zero attached hydrogens (tertiary/aromatic N) is 2. The molecule has 2 aromatic carbocycles. The van der Waals surface area contributed by atoms with E-state index in [2.05, 4.69) is 10.3 Å². The number of fused-ring (bicyclic) bond motifs is 2. The minimum absolute atomic E-state index is 0.120. The Balaban J connectivity index is 1.69. The highest BCUT2D eigenvalue weighted by Gasteiger charge is 2.15. The molecular formula is C21H19N3O3S. The summed E-state index contributed by atoms with van der Waals surface area (Å²) in [5.74, 6) is 0.246. The van der Waals surface area contributed by atoms with Gasteiger partial charge in [-0.3, -0.25) is 14.2 Å². The molecule has 0 saturated heterocycles. The normalized spacial score (nSPS) is 11.1. The van der Waals surface area contributed by atoms with E-state index in [1.165, 1.54) is 22.0 Å². The van der Waals surface area contributed by atoms with Crippen molar-refractivity contribution in [3.05, 3.63) is 63.9 Å². The Morgan fingerprint density at radius 2 is 2.04 bits per heavy atom. The lowest BCUT2D eigenvalue weighted by atomic mass is 10.1. The highest BCUT2D eigenvalue weighted by Crippen LogP contribution is 2.28. The molecule has 0 unspecified atom stereocenters. The lowest BCUT2D eigenvalue weighted by molar-refractivity contribution is -0.116. The van der Waals surface area contributed by atoms with Crippen molar-refractivity contribution < 1.29 is 9.53 Å². The predicted octanol–water partition coefficient (Wildman–Crippen LogP) is 3.88. The molecule has 0 spiro atoms. The summed E-state index contributed by atoms with van der Waals surface area (Å²) in [5, 5.41) is 4.20. The Morgan fingerprint density at radius 1 is 1.21 bits per heavy atom. The fourth-order valence-electron chi connectivity index (χ4n) is 3.28. The molecule has 4 aromatic rings. The number of pyridine rings is 1. The molecular weight excluding hydrogens is 374 g/mol. The van der Waals surface area contributed by atoms with E-state index >= 15 is 0 Å². The van der Waals surface area contributed by atoms with Gasteiger partial charge in [-0.2, -0.15) is 0 Å². The second-order valence-corrected chi connectivity index (χ2v) is 7.68. The third-order valence-electron chi connectivity index (χ3n) is 4.61. The summed E-state index contributed by atoms with van der Waals surface area (Å²) in [4.78, 5) is 29.7. The standard InChI is InChI=1S/C21H19N3O3S/c1-12-7-8-15-17(9-12)28-21(22-15)23-18(25)11-24-19(26)10-13(2)14-5-4-6-16(27-3)20(14)24/h4-10H,11H2,1-3H3,(H,22,23,25). The Morgan fingerprint density at radius 3 is 2.82 bits per heavy atom. The lowest BCUT2D eigenvalue weighted by Gasteiger charge is -2.14. The van der Waals surface area contributed by atoms with Gasteiger partial charge in [0, 0.05) is 11.5 Å². The molecule has 0 bridgehead atoms. The number of ether oxygens (including phenoxy) is 1. The van der Waals surface area contributed by atoms with Crippen LogP contribution >= 0.6 is 11.3 Å². The van der Waals surface area contributed by atoms with Crippen LogP contribution in [0.4, 0.5) is 5.13 Å². The van der Waals surface area contributed by atoms with Crippen LogP contribution in [0.1, 0.15) is 11.1 Å². The second-order valence-electron chi connectivity index (χ2n) is 6.65. The Hall–Kier alpha value is -3.19. The van der Waals surface area contributed by atoms with Crippen LogP contribution in [0.15, 0.2) is 47.3 Å². The second kappa shape index (κ2) is 7.09. The number of carbonyl (C=O) groups is 1. The first-order valence-electron chi connectivity index (χ1n) is 8.80. The largest absolute Gasteiger partial charge is 0.495 e. The zero-order valence-corrected chi connectivity index (χ0v) is 16.6. The first-order valence-corrected chi connectivity index (χ1v) is 9.62. The van der Waals surface area contributed by atoms with Gasteiger partial charge in [0.25, 0.3) is 5.56 Å². The summed E-state index contributed by atoms with van der Waals surface area (Å²) in [6.45, 7) is 3.77. The molecule has 1 amide bonds. The number of thiazole rings is 1. The van der Waals surface area contributed by atoms with Gasteiger partial charge < -0.3 is 10.1 Å². The van der Waals surface area contributed by atoms with Crippen LogP contribution in [-0.2, 0) is 11.3 Å². The Labute approximate surface area is 165 Å². The molecule has 4 rings (SSSR count). The molecule has 0 atom stereocenters. The highest BCUT2D eigenvalue weighted by molar-refractivity contribution is 7.22. The monoisotopic (exact) mass is 393 g/mol. The number of rotatable bonds is 4. The van der Waals surface area contributed by atoms with Gasteiger partial charge in [-0.05, 0) is 43.2 Å². The zero-order chi connectivity index (χ0) is 19.8. The molecule has 0 fully saturated rings. The minimum Gasteiger partial charge on any atom is -0.495 e. The minimum atomic E-state index is -0.311. The predicted molar refractivity (Wildman–Crippen MR) is 112 cm³/mol. The topological polar surface area (TPSA) is 73.2 Å². The average Bonchev–Trinajstić information content (AvgIpc) is 3.05. The number of aromatic nitrogens is 2. The summed E-state index contributed by atoms with van der Waals surface area (Å²) in [6.07, 6.45) is 0. The highest BCUT2D eigenvalue weighted by atomic mass is 32.1. The van der Waals surface area contributed by atoms with Gasteiger partial charge >= 0.3 is 0 Å². The maximum absolute atomic E-state index is 12.7. The van der Waals surface area contributed by atoms with Gasteiger partial charge in [0.1, 0.15) is 12.3 Å². The van der Waals surface area contributed by atoms with Crippen LogP contribution in [0, 0.1) is 13.8 Å². The number of benzene rings is 2. The molecule has 1 N–H and O–H groups in total. The van der Waals surface area contributed by atoms with E-state index in [-0.39, 0.29) is 18.0 Å². The number of hydrogen-bond donors (Lipinski definition) is 1. The van der Waals surface area contributed by atoms with Crippen LogP contribution in [0.5, 0.6) is 5.75 Å². The van der Waals surface area contributed by atoms with E-state index in [4.69, 9.17) is 4.74 Å². The van der Waals surface area contributed by atoms with Gasteiger partial charge in [0.15, 0.2) is 5.13 Å². The van der Waals surface area contributed by atoms with E-state index in [0.29, 0.717) is 16.4 Å². The van der Waals surface area contributed by atoms with E-state index in [9.17, 15) is 9.59 Å². The van der Waals surface area contributed by atoms with Crippen molar-refractivity contribution in [1.82, 2.24) is 9.55 Å². The van der Waals surface area contributed by atoms with Gasteiger partial charge in [-0.25, -0.2) is 4.98 Å². The van der Waals surface area contributed by atoms with Crippen molar-refractivity contribution in [3.8, 4) is 5.75 Å². The number of amides is 1. The van der Waals surface area contributed by atoms with Gasteiger partial charge in [0.05, 0.1) is 22.8 Å². The number of nitrogens with one attached hydrogen (secondary N) is 1. The van der Waals surface area contributed by atoms with Crippen LogP contribution in [0.2, 0.25) is 0 Å². The van der Waals surface area contributed by atoms with Gasteiger partial charge in [-0.1, -0.05) is 29.5 Å². The third kappa shape index (κ3) is 3.25. The summed E-state index contributed by atoms with van der Waals surface area (Å²) in [5.41, 5.74) is 3.19. The lowest BCUT2D eigenvalue weighted by Crippen LogP contribution is -2.28. The van der Waals surface area contributed by atoms with Crippen molar-refractivity contribution in [2.75, 3.05) is 12.4 Å². The van der Waals surface area contributed by atoms with Crippen molar-refractivity contribution in [1.29, 1.82) is 0 Å². The zero-order valence-electron chi connectivity index (χ0n) is 15.8. The number of hydrogen-bond acceptors (Lipinski definition) is 5. The Kier molecular flexibility index (Phi) is 4.60. The number of carbonyl (C=O) groups excluding carboxylic acids is 1. The number of anilines is 1. The van der Waals surface area contributed by atoms with E-state index in [1.807, 2.05) is 44.2 Å². The molecule has 0 aliphatic heterocycles. The molecule has 28 heavy (non-hydrogen) atoms. The molecule has 0 aliphatic carbocycles. The smallest absolute Gasteiger partial charge is 0.251 e. The quantitative estimate of drug-likeness (QED) is 0.571. The van der Waals surface area contributed by atoms with Gasteiger partial charge in [0.2, 0.25) is 5.91 Å². The number of methoxy groups -OCH3 is 1. The number of aryl methyl sites for hydroxylation is 2. The fraction of sp³-hybridized carbons (Fsp3) is 0.190. The number of para-hydroxylation sites is 1. The van der Waals surface area contributed by atoms with Crippen molar-refractivity contribution in [3.63, 3.8) is 0 Å². The first-order chi connectivity index (χ1) is 13.5. The molecule has 0 saturated carbocycles. The summed E-state index contributed by atoms with van der Waals surface area (Å²) >= 11 is 1.41. The summed E-state index contributed by atoms with van der Waals surface area (Å²) in [7, 11) is 1.55. The van der Waals surface area contributed by atoms with Crippen LogP contribution in [-0.4, -0.2) is 22.6 Å². The van der Waals surface area contributed by atoms with E-state index in [0.717, 1.165) is 26.7 Å². The SMILES string of the molecule is COc1cccc2c(C)cc(=O)n(CC(=O)Nc3nc4ccc(C)cc4s3)c12. The van der Waals surface area contributed by atoms with Crippen molar-refractivity contribution >= 4 is 43.5 Å². The van der Waals surface area contributed by atoms with Gasteiger partial charge in [-0.15, -0.1) is 0 Å². The first kappa shape index (κ1) is 18.2. The molecule has 142 valence electrons.